The molecule has 152 valence electrons. The van der Waals surface area contributed by atoms with E-state index >= 15 is 0 Å². The van der Waals surface area contributed by atoms with E-state index < -0.39 is 21.7 Å². The van der Waals surface area contributed by atoms with Gasteiger partial charge in [-0.05, 0) is 30.9 Å². The van der Waals surface area contributed by atoms with E-state index in [-0.39, 0.29) is 36.6 Å². The van der Waals surface area contributed by atoms with Gasteiger partial charge >= 0.3 is 5.97 Å². The molecule has 0 aliphatic heterocycles. The predicted molar refractivity (Wildman–Crippen MR) is 103 cm³/mol. The predicted octanol–water partition coefficient (Wildman–Crippen LogP) is 3.43. The number of rotatable bonds is 10. The summed E-state index contributed by atoms with van der Waals surface area (Å²) >= 11 is 0. The van der Waals surface area contributed by atoms with Crippen LogP contribution in [0.3, 0.4) is 0 Å². The molecule has 0 aromatic heterocycles. The monoisotopic (exact) mass is 400 g/mol. The first kappa shape index (κ1) is 21.7. The molecule has 0 N–H and O–H groups in total. The summed E-state index contributed by atoms with van der Waals surface area (Å²) in [6.07, 6.45) is 0.469. The van der Waals surface area contributed by atoms with Crippen molar-refractivity contribution in [1.82, 2.24) is 0 Å². The zero-order valence-corrected chi connectivity index (χ0v) is 15.8. The minimum absolute atomic E-state index is 0.0392. The summed E-state index contributed by atoms with van der Waals surface area (Å²) in [5.74, 6) is -1.98. The molecule has 0 aliphatic carbocycles. The molecule has 0 spiro atoms. The zero-order chi connectivity index (χ0) is 21.4. The normalized spacial score (nSPS) is 11.5. The molecule has 29 heavy (non-hydrogen) atoms. The van der Waals surface area contributed by atoms with Crippen molar-refractivity contribution in [2.75, 3.05) is 6.61 Å². The fourth-order valence-corrected chi connectivity index (χ4v) is 2.79. The largest absolute Gasteiger partial charge is 0.465 e. The van der Waals surface area contributed by atoms with Crippen LogP contribution in [0.5, 0.6) is 0 Å². The molecule has 0 amide bonds. The van der Waals surface area contributed by atoms with Crippen LogP contribution in [-0.4, -0.2) is 28.2 Å². The molecule has 0 aliphatic rings. The molecule has 2 aromatic rings. The SMILES string of the molecule is CCOC(=O)C(Cc1ccc([N+](=O)[O-])cc1)C(=O)CCc1ccc([N+](=O)[O-])cc1. The third-order valence-corrected chi connectivity index (χ3v) is 4.35. The second-order valence-corrected chi connectivity index (χ2v) is 6.32. The first-order valence-corrected chi connectivity index (χ1v) is 8.97. The van der Waals surface area contributed by atoms with Gasteiger partial charge in [-0.2, -0.15) is 0 Å². The zero-order valence-electron chi connectivity index (χ0n) is 15.8. The van der Waals surface area contributed by atoms with Gasteiger partial charge in [0.05, 0.1) is 16.5 Å². The number of hydrogen-bond donors (Lipinski definition) is 0. The Morgan fingerprint density at radius 2 is 1.38 bits per heavy atom. The van der Waals surface area contributed by atoms with Crippen molar-refractivity contribution >= 4 is 23.1 Å². The number of carbonyl (C=O) groups is 2. The van der Waals surface area contributed by atoms with Crippen LogP contribution < -0.4 is 0 Å². The Balaban J connectivity index is 2.07. The van der Waals surface area contributed by atoms with Crippen LogP contribution in [0.4, 0.5) is 11.4 Å². The maximum atomic E-state index is 12.7. The van der Waals surface area contributed by atoms with Gasteiger partial charge in [-0.25, -0.2) is 0 Å². The molecule has 0 radical (unpaired) electrons. The molecule has 0 saturated carbocycles. The highest BCUT2D eigenvalue weighted by Crippen LogP contribution is 2.19. The number of Topliss-reactive ketones (excluding diaryl/α,β-unsaturated/α-hetero) is 1. The second kappa shape index (κ2) is 10.1. The second-order valence-electron chi connectivity index (χ2n) is 6.32. The van der Waals surface area contributed by atoms with E-state index in [0.29, 0.717) is 12.0 Å². The summed E-state index contributed by atoms with van der Waals surface area (Å²) < 4.78 is 5.01. The fraction of sp³-hybridized carbons (Fsp3) is 0.300. The summed E-state index contributed by atoms with van der Waals surface area (Å²) in [5, 5.41) is 21.5. The van der Waals surface area contributed by atoms with Gasteiger partial charge in [0.2, 0.25) is 0 Å². The molecule has 1 atom stereocenters. The Kier molecular flexibility index (Phi) is 7.53. The van der Waals surface area contributed by atoms with Crippen LogP contribution in [0, 0.1) is 26.1 Å². The third-order valence-electron chi connectivity index (χ3n) is 4.35. The number of hydrogen-bond acceptors (Lipinski definition) is 7. The lowest BCUT2D eigenvalue weighted by Crippen LogP contribution is -2.28. The topological polar surface area (TPSA) is 130 Å². The van der Waals surface area contributed by atoms with Crippen molar-refractivity contribution in [3.8, 4) is 0 Å². The Bertz CT molecular complexity index is 892. The van der Waals surface area contributed by atoms with Crippen LogP contribution in [0.15, 0.2) is 48.5 Å². The molecular weight excluding hydrogens is 380 g/mol. The third kappa shape index (κ3) is 6.20. The number of esters is 1. The Hall–Kier alpha value is -3.62. The summed E-state index contributed by atoms with van der Waals surface area (Å²) in [6, 6.07) is 11.5. The number of non-ortho nitro benzene ring substituents is 2. The van der Waals surface area contributed by atoms with Crippen LogP contribution in [-0.2, 0) is 27.2 Å². The lowest BCUT2D eigenvalue weighted by atomic mass is 9.91. The van der Waals surface area contributed by atoms with E-state index in [1.807, 2.05) is 0 Å². The van der Waals surface area contributed by atoms with Crippen LogP contribution in [0.2, 0.25) is 0 Å². The average Bonchev–Trinajstić information content (AvgIpc) is 2.71. The fourth-order valence-electron chi connectivity index (χ4n) is 2.79. The maximum Gasteiger partial charge on any atom is 0.316 e. The van der Waals surface area contributed by atoms with Crippen LogP contribution in [0.1, 0.15) is 24.5 Å². The van der Waals surface area contributed by atoms with Crippen LogP contribution >= 0.6 is 0 Å². The average molecular weight is 400 g/mol. The van der Waals surface area contributed by atoms with E-state index in [2.05, 4.69) is 0 Å². The molecule has 1 unspecified atom stereocenters. The highest BCUT2D eigenvalue weighted by atomic mass is 16.6. The van der Waals surface area contributed by atoms with Gasteiger partial charge in [-0.15, -0.1) is 0 Å². The number of carbonyl (C=O) groups excluding carboxylic acids is 2. The molecule has 9 nitrogen and oxygen atoms in total. The molecular formula is C20H20N2O7. The van der Waals surface area contributed by atoms with Gasteiger partial charge in [0.1, 0.15) is 11.7 Å². The molecule has 9 heteroatoms. The molecule has 0 heterocycles. The summed E-state index contributed by atoms with van der Waals surface area (Å²) in [6.45, 7) is 1.77. The first-order valence-electron chi connectivity index (χ1n) is 8.97. The molecule has 2 aromatic carbocycles. The van der Waals surface area contributed by atoms with Crippen molar-refractivity contribution in [2.45, 2.75) is 26.2 Å². The van der Waals surface area contributed by atoms with Gasteiger partial charge in [0, 0.05) is 30.7 Å². The number of nitro benzene ring substituents is 2. The van der Waals surface area contributed by atoms with Crippen molar-refractivity contribution in [3.63, 3.8) is 0 Å². The summed E-state index contributed by atoms with van der Waals surface area (Å²) in [7, 11) is 0. The minimum Gasteiger partial charge on any atom is -0.465 e. The van der Waals surface area contributed by atoms with Crippen molar-refractivity contribution in [2.24, 2.45) is 5.92 Å². The number of aryl methyl sites for hydroxylation is 1. The smallest absolute Gasteiger partial charge is 0.316 e. The number of ketones is 1. The van der Waals surface area contributed by atoms with E-state index in [1.54, 1.807) is 19.1 Å². The number of ether oxygens (including phenoxy) is 1. The van der Waals surface area contributed by atoms with Gasteiger partial charge in [-0.1, -0.05) is 24.3 Å². The Morgan fingerprint density at radius 3 is 1.83 bits per heavy atom. The van der Waals surface area contributed by atoms with Crippen LogP contribution in [0.25, 0.3) is 0 Å². The Labute approximate surface area is 166 Å². The lowest BCUT2D eigenvalue weighted by Gasteiger charge is -2.15. The molecule has 2 rings (SSSR count). The van der Waals surface area contributed by atoms with E-state index in [9.17, 15) is 29.8 Å². The number of nitro groups is 2. The van der Waals surface area contributed by atoms with Gasteiger partial charge in [-0.3, -0.25) is 29.8 Å². The first-order chi connectivity index (χ1) is 13.8. The minimum atomic E-state index is -1.02. The van der Waals surface area contributed by atoms with Gasteiger partial charge < -0.3 is 4.74 Å². The van der Waals surface area contributed by atoms with E-state index in [0.717, 1.165) is 5.56 Å². The molecule has 0 saturated heterocycles. The number of nitrogens with zero attached hydrogens (tertiary/aromatic N) is 2. The highest BCUT2D eigenvalue weighted by Gasteiger charge is 2.28. The lowest BCUT2D eigenvalue weighted by molar-refractivity contribution is -0.385. The van der Waals surface area contributed by atoms with Gasteiger partial charge in [0.25, 0.3) is 11.4 Å². The van der Waals surface area contributed by atoms with Crippen molar-refractivity contribution in [3.05, 3.63) is 79.9 Å². The molecule has 0 bridgehead atoms. The van der Waals surface area contributed by atoms with E-state index in [4.69, 9.17) is 4.74 Å². The van der Waals surface area contributed by atoms with Crippen molar-refractivity contribution in [1.29, 1.82) is 0 Å². The van der Waals surface area contributed by atoms with E-state index in [1.165, 1.54) is 36.4 Å². The summed E-state index contributed by atoms with van der Waals surface area (Å²) in [5.41, 5.74) is 1.23. The summed E-state index contributed by atoms with van der Waals surface area (Å²) in [4.78, 5) is 45.4. The number of benzene rings is 2. The quantitative estimate of drug-likeness (QED) is 0.258. The van der Waals surface area contributed by atoms with Crippen molar-refractivity contribution < 1.29 is 24.2 Å². The van der Waals surface area contributed by atoms with Gasteiger partial charge in [0.15, 0.2) is 0 Å². The maximum absolute atomic E-state index is 12.7. The Morgan fingerprint density at radius 1 is 0.897 bits per heavy atom. The standard InChI is InChI=1S/C20H20N2O7/c1-2-29-20(24)18(13-15-5-10-17(11-6-15)22(27)28)19(23)12-7-14-3-8-16(9-4-14)21(25)26/h3-6,8-11,18H,2,7,12-13H2,1H3. The highest BCUT2D eigenvalue weighted by molar-refractivity contribution is 5.99. The molecule has 0 fully saturated rings.